The fourth-order valence-electron chi connectivity index (χ4n) is 1.74. The Labute approximate surface area is 98.5 Å². The Morgan fingerprint density at radius 1 is 1.31 bits per heavy atom. The number of hydrogen-bond donors (Lipinski definition) is 1. The van der Waals surface area contributed by atoms with E-state index in [-0.39, 0.29) is 0 Å². The molecule has 16 heavy (non-hydrogen) atoms. The van der Waals surface area contributed by atoms with Gasteiger partial charge in [-0.05, 0) is 33.0 Å². The van der Waals surface area contributed by atoms with Crippen LogP contribution in [-0.2, 0) is 13.5 Å². The fraction of sp³-hybridized carbons (Fsp3) is 0.750. The SMILES string of the molecule is CN(CCCCCN)CCc1nccn1C. The maximum absolute atomic E-state index is 5.46. The van der Waals surface area contributed by atoms with E-state index in [2.05, 4.69) is 21.5 Å². The van der Waals surface area contributed by atoms with Crippen LogP contribution in [0.2, 0.25) is 0 Å². The lowest BCUT2D eigenvalue weighted by molar-refractivity contribution is 0.325. The van der Waals surface area contributed by atoms with E-state index in [1.54, 1.807) is 0 Å². The predicted molar refractivity (Wildman–Crippen MR) is 67.3 cm³/mol. The Morgan fingerprint density at radius 3 is 2.75 bits per heavy atom. The predicted octanol–water partition coefficient (Wildman–Crippen LogP) is 1.02. The van der Waals surface area contributed by atoms with Crippen LogP contribution in [0.25, 0.3) is 0 Å². The smallest absolute Gasteiger partial charge is 0.109 e. The van der Waals surface area contributed by atoms with E-state index >= 15 is 0 Å². The first-order valence-corrected chi connectivity index (χ1v) is 6.09. The molecule has 1 rings (SSSR count). The van der Waals surface area contributed by atoms with Gasteiger partial charge in [0.1, 0.15) is 5.82 Å². The summed E-state index contributed by atoms with van der Waals surface area (Å²) in [7, 11) is 4.22. The van der Waals surface area contributed by atoms with E-state index in [0.29, 0.717) is 0 Å². The third-order valence-corrected chi connectivity index (χ3v) is 2.88. The summed E-state index contributed by atoms with van der Waals surface area (Å²) in [6.07, 6.45) is 8.51. The molecule has 4 nitrogen and oxygen atoms in total. The molecule has 2 N–H and O–H groups in total. The van der Waals surface area contributed by atoms with Crippen molar-refractivity contribution in [2.24, 2.45) is 12.8 Å². The fourth-order valence-corrected chi connectivity index (χ4v) is 1.74. The van der Waals surface area contributed by atoms with Gasteiger partial charge < -0.3 is 15.2 Å². The zero-order valence-corrected chi connectivity index (χ0v) is 10.5. The molecule has 0 spiro atoms. The summed E-state index contributed by atoms with van der Waals surface area (Å²) in [5, 5.41) is 0. The van der Waals surface area contributed by atoms with Crippen LogP contribution >= 0.6 is 0 Å². The number of aryl methyl sites for hydroxylation is 1. The molecule has 0 aliphatic rings. The summed E-state index contributed by atoms with van der Waals surface area (Å²) >= 11 is 0. The molecule has 4 heteroatoms. The Kier molecular flexibility index (Phi) is 6.11. The number of aromatic nitrogens is 2. The average Bonchev–Trinajstić information content (AvgIpc) is 2.67. The third-order valence-electron chi connectivity index (χ3n) is 2.88. The zero-order chi connectivity index (χ0) is 11.8. The van der Waals surface area contributed by atoms with E-state index in [1.807, 2.05) is 19.4 Å². The van der Waals surface area contributed by atoms with Gasteiger partial charge >= 0.3 is 0 Å². The van der Waals surface area contributed by atoms with Gasteiger partial charge in [-0.25, -0.2) is 4.98 Å². The molecule has 1 aromatic heterocycles. The number of hydrogen-bond acceptors (Lipinski definition) is 3. The van der Waals surface area contributed by atoms with Gasteiger partial charge in [-0.2, -0.15) is 0 Å². The number of likely N-dealkylation sites (N-methyl/N-ethyl adjacent to an activating group) is 1. The van der Waals surface area contributed by atoms with Gasteiger partial charge in [0.15, 0.2) is 0 Å². The second kappa shape index (κ2) is 7.41. The minimum Gasteiger partial charge on any atom is -0.338 e. The van der Waals surface area contributed by atoms with Crippen LogP contribution in [0.3, 0.4) is 0 Å². The molecule has 1 heterocycles. The summed E-state index contributed by atoms with van der Waals surface area (Å²) in [4.78, 5) is 6.68. The van der Waals surface area contributed by atoms with Crippen LogP contribution < -0.4 is 5.73 Å². The summed E-state index contributed by atoms with van der Waals surface area (Å²) in [6, 6.07) is 0. The topological polar surface area (TPSA) is 47.1 Å². The molecule has 1 aromatic rings. The van der Waals surface area contributed by atoms with Crippen molar-refractivity contribution in [1.82, 2.24) is 14.5 Å². The lowest BCUT2D eigenvalue weighted by Crippen LogP contribution is -2.23. The first-order valence-electron chi connectivity index (χ1n) is 6.09. The van der Waals surface area contributed by atoms with Crippen LogP contribution in [-0.4, -0.2) is 41.1 Å². The Balaban J connectivity index is 2.10. The molecule has 0 atom stereocenters. The van der Waals surface area contributed by atoms with E-state index in [1.165, 1.54) is 12.8 Å². The van der Waals surface area contributed by atoms with Crippen LogP contribution in [0.1, 0.15) is 25.1 Å². The summed E-state index contributed by atoms with van der Waals surface area (Å²) < 4.78 is 2.09. The van der Waals surface area contributed by atoms with Gasteiger partial charge in [0.2, 0.25) is 0 Å². The third kappa shape index (κ3) is 4.77. The Hall–Kier alpha value is -0.870. The Morgan fingerprint density at radius 2 is 2.12 bits per heavy atom. The lowest BCUT2D eigenvalue weighted by Gasteiger charge is -2.16. The highest BCUT2D eigenvalue weighted by molar-refractivity contribution is 4.91. The molecule has 0 radical (unpaired) electrons. The average molecular weight is 224 g/mol. The van der Waals surface area contributed by atoms with Gasteiger partial charge in [0.05, 0.1) is 0 Å². The summed E-state index contributed by atoms with van der Waals surface area (Å²) in [6.45, 7) is 3.05. The molecular formula is C12H24N4. The van der Waals surface area contributed by atoms with Gasteiger partial charge in [-0.3, -0.25) is 0 Å². The first-order chi connectivity index (χ1) is 7.74. The molecule has 0 amide bonds. The second-order valence-electron chi connectivity index (χ2n) is 4.36. The van der Waals surface area contributed by atoms with Crippen LogP contribution in [0.15, 0.2) is 12.4 Å². The molecule has 0 aliphatic heterocycles. The van der Waals surface area contributed by atoms with Crippen molar-refractivity contribution in [2.75, 3.05) is 26.7 Å². The largest absolute Gasteiger partial charge is 0.338 e. The van der Waals surface area contributed by atoms with Gasteiger partial charge in [-0.15, -0.1) is 0 Å². The number of unbranched alkanes of at least 4 members (excludes halogenated alkanes) is 2. The molecule has 92 valence electrons. The number of nitrogens with two attached hydrogens (primary N) is 1. The molecule has 0 fully saturated rings. The highest BCUT2D eigenvalue weighted by atomic mass is 15.1. The molecule has 0 bridgehead atoms. The summed E-state index contributed by atoms with van der Waals surface area (Å²) in [5.41, 5.74) is 5.46. The van der Waals surface area contributed by atoms with Gasteiger partial charge in [0, 0.05) is 32.4 Å². The van der Waals surface area contributed by atoms with Gasteiger partial charge in [-0.1, -0.05) is 6.42 Å². The minimum absolute atomic E-state index is 0.816. The monoisotopic (exact) mass is 224 g/mol. The van der Waals surface area contributed by atoms with Crippen molar-refractivity contribution in [3.05, 3.63) is 18.2 Å². The number of imidazole rings is 1. The Bertz CT molecular complexity index is 282. The first kappa shape index (κ1) is 13.2. The van der Waals surface area contributed by atoms with Crippen LogP contribution in [0.4, 0.5) is 0 Å². The highest BCUT2D eigenvalue weighted by Gasteiger charge is 2.02. The van der Waals surface area contributed by atoms with E-state index < -0.39 is 0 Å². The number of rotatable bonds is 8. The van der Waals surface area contributed by atoms with Crippen molar-refractivity contribution in [3.63, 3.8) is 0 Å². The molecule has 0 unspecified atom stereocenters. The van der Waals surface area contributed by atoms with E-state index in [0.717, 1.165) is 38.3 Å². The lowest BCUT2D eigenvalue weighted by atomic mass is 10.2. The molecule has 0 saturated carbocycles. The number of nitrogens with zero attached hydrogens (tertiary/aromatic N) is 3. The van der Waals surface area contributed by atoms with E-state index in [4.69, 9.17) is 5.73 Å². The van der Waals surface area contributed by atoms with E-state index in [9.17, 15) is 0 Å². The van der Waals surface area contributed by atoms with Crippen LogP contribution in [0, 0.1) is 0 Å². The van der Waals surface area contributed by atoms with Gasteiger partial charge in [0.25, 0.3) is 0 Å². The molecule has 0 saturated heterocycles. The standard InChI is InChI=1S/C12H24N4/c1-15(9-5-3-4-7-13)10-6-12-14-8-11-16(12)2/h8,11H,3-7,9-10,13H2,1-2H3. The molecule has 0 aromatic carbocycles. The quantitative estimate of drug-likeness (QED) is 0.671. The van der Waals surface area contributed by atoms with Crippen molar-refractivity contribution in [2.45, 2.75) is 25.7 Å². The second-order valence-corrected chi connectivity index (χ2v) is 4.36. The van der Waals surface area contributed by atoms with Crippen molar-refractivity contribution < 1.29 is 0 Å². The zero-order valence-electron chi connectivity index (χ0n) is 10.5. The normalized spacial score (nSPS) is 11.2. The maximum atomic E-state index is 5.46. The maximum Gasteiger partial charge on any atom is 0.109 e. The van der Waals surface area contributed by atoms with Crippen molar-refractivity contribution in [1.29, 1.82) is 0 Å². The van der Waals surface area contributed by atoms with Crippen molar-refractivity contribution >= 4 is 0 Å². The molecule has 0 aliphatic carbocycles. The summed E-state index contributed by atoms with van der Waals surface area (Å²) in [5.74, 6) is 1.16. The highest BCUT2D eigenvalue weighted by Crippen LogP contribution is 1.99. The van der Waals surface area contributed by atoms with Crippen molar-refractivity contribution in [3.8, 4) is 0 Å². The van der Waals surface area contributed by atoms with Crippen LogP contribution in [0.5, 0.6) is 0 Å². The minimum atomic E-state index is 0.816. The molecular weight excluding hydrogens is 200 g/mol.